The first-order chi connectivity index (χ1) is 14.0. The van der Waals surface area contributed by atoms with Crippen molar-refractivity contribution in [3.8, 4) is 17.2 Å². The number of rotatable bonds is 7. The Labute approximate surface area is 168 Å². The highest BCUT2D eigenvalue weighted by Crippen LogP contribution is 2.22. The second-order valence-corrected chi connectivity index (χ2v) is 6.40. The monoisotopic (exact) mass is 391 g/mol. The molecule has 0 aliphatic heterocycles. The van der Waals surface area contributed by atoms with Gasteiger partial charge in [-0.05, 0) is 61.0 Å². The minimum absolute atomic E-state index is 0.0173. The Kier molecular flexibility index (Phi) is 6.47. The normalized spacial score (nSPS) is 11.3. The number of anilines is 1. The number of carbonyl (C=O) groups excluding carboxylic acids is 2. The van der Waals surface area contributed by atoms with Crippen LogP contribution in [0, 0.1) is 0 Å². The summed E-state index contributed by atoms with van der Waals surface area (Å²) in [4.78, 5) is 24.3. The molecule has 0 saturated heterocycles. The van der Waals surface area contributed by atoms with Gasteiger partial charge in [-0.3, -0.25) is 9.59 Å². The number of phenolic OH excluding ortho intramolecular Hbond substituents is 1. The van der Waals surface area contributed by atoms with Crippen molar-refractivity contribution in [2.75, 3.05) is 5.32 Å². The van der Waals surface area contributed by atoms with Crippen LogP contribution in [0.25, 0.3) is 0 Å². The number of benzene rings is 3. The molecule has 0 fully saturated rings. The number of amides is 1. The van der Waals surface area contributed by atoms with Crippen molar-refractivity contribution in [2.24, 2.45) is 0 Å². The zero-order chi connectivity index (χ0) is 20.6. The summed E-state index contributed by atoms with van der Waals surface area (Å²) in [5.74, 6) is 0.529. The third kappa shape index (κ3) is 6.10. The van der Waals surface area contributed by atoms with E-state index >= 15 is 0 Å². The molecule has 0 spiro atoms. The molecule has 0 heterocycles. The molecule has 0 saturated carbocycles. The Morgan fingerprint density at radius 1 is 0.897 bits per heavy atom. The van der Waals surface area contributed by atoms with Gasteiger partial charge in [-0.15, -0.1) is 0 Å². The van der Waals surface area contributed by atoms with E-state index in [0.29, 0.717) is 17.0 Å². The van der Waals surface area contributed by atoms with E-state index in [1.165, 1.54) is 19.1 Å². The van der Waals surface area contributed by atoms with Crippen molar-refractivity contribution in [3.63, 3.8) is 0 Å². The molecule has 148 valence electrons. The van der Waals surface area contributed by atoms with Crippen LogP contribution >= 0.6 is 0 Å². The highest BCUT2D eigenvalue weighted by molar-refractivity contribution is 5.95. The quantitative estimate of drug-likeness (QED) is 0.587. The number of ether oxygens (including phenoxy) is 2. The van der Waals surface area contributed by atoms with E-state index in [2.05, 4.69) is 5.32 Å². The third-order valence-electron chi connectivity index (χ3n) is 4.06. The smallest absolute Gasteiger partial charge is 0.311 e. The van der Waals surface area contributed by atoms with Crippen molar-refractivity contribution in [1.29, 1.82) is 0 Å². The van der Waals surface area contributed by atoms with Crippen LogP contribution in [0.2, 0.25) is 0 Å². The summed E-state index contributed by atoms with van der Waals surface area (Å²) in [5, 5.41) is 12.0. The first-order valence-corrected chi connectivity index (χ1v) is 9.11. The molecule has 0 unspecified atom stereocenters. The molecule has 0 aromatic heterocycles. The summed E-state index contributed by atoms with van der Waals surface area (Å²) in [6.45, 7) is 1.51. The van der Waals surface area contributed by atoms with Gasteiger partial charge >= 0.3 is 5.97 Å². The van der Waals surface area contributed by atoms with Gasteiger partial charge in [0, 0.05) is 5.69 Å². The SMILES string of the molecule is C[C@@H](OC(=O)Cc1ccc(O)cc1)C(=O)Nc1ccc(Oc2ccccc2)cc1. The van der Waals surface area contributed by atoms with E-state index in [1.54, 1.807) is 36.4 Å². The summed E-state index contributed by atoms with van der Waals surface area (Å²) in [5.41, 5.74) is 1.26. The minimum atomic E-state index is -0.945. The molecule has 6 nitrogen and oxygen atoms in total. The summed E-state index contributed by atoms with van der Waals surface area (Å²) in [6.07, 6.45) is -0.927. The molecule has 3 aromatic rings. The van der Waals surface area contributed by atoms with Gasteiger partial charge in [-0.1, -0.05) is 30.3 Å². The number of hydrogen-bond donors (Lipinski definition) is 2. The predicted molar refractivity (Wildman–Crippen MR) is 109 cm³/mol. The standard InChI is InChI=1S/C23H21NO5/c1-16(28-22(26)15-17-7-11-19(25)12-8-17)23(27)24-18-9-13-21(14-10-18)29-20-5-3-2-4-6-20/h2-14,16,25H,15H2,1H3,(H,24,27)/t16-/m1/s1. The molecule has 3 aromatic carbocycles. The topological polar surface area (TPSA) is 84.9 Å². The van der Waals surface area contributed by atoms with Gasteiger partial charge in [0.2, 0.25) is 0 Å². The van der Waals surface area contributed by atoms with E-state index in [4.69, 9.17) is 9.47 Å². The van der Waals surface area contributed by atoms with Crippen LogP contribution in [0.1, 0.15) is 12.5 Å². The van der Waals surface area contributed by atoms with Crippen LogP contribution in [0.15, 0.2) is 78.9 Å². The summed E-state index contributed by atoms with van der Waals surface area (Å²) < 4.78 is 10.9. The van der Waals surface area contributed by atoms with Gasteiger partial charge < -0.3 is 19.9 Å². The van der Waals surface area contributed by atoms with Gasteiger partial charge in [0.05, 0.1) is 6.42 Å². The van der Waals surface area contributed by atoms with Crippen molar-refractivity contribution < 1.29 is 24.2 Å². The number of phenols is 1. The first-order valence-electron chi connectivity index (χ1n) is 9.11. The van der Waals surface area contributed by atoms with E-state index in [0.717, 1.165) is 5.75 Å². The van der Waals surface area contributed by atoms with Gasteiger partial charge in [-0.2, -0.15) is 0 Å². The number of nitrogens with one attached hydrogen (secondary N) is 1. The molecule has 2 N–H and O–H groups in total. The predicted octanol–water partition coefficient (Wildman–Crippen LogP) is 4.30. The lowest BCUT2D eigenvalue weighted by Gasteiger charge is -2.14. The maximum atomic E-state index is 12.3. The van der Waals surface area contributed by atoms with Crippen molar-refractivity contribution in [1.82, 2.24) is 0 Å². The summed E-state index contributed by atoms with van der Waals surface area (Å²) in [7, 11) is 0. The minimum Gasteiger partial charge on any atom is -0.508 e. The lowest BCUT2D eigenvalue weighted by molar-refractivity contribution is -0.152. The fraction of sp³-hybridized carbons (Fsp3) is 0.130. The Bertz CT molecular complexity index is 953. The maximum absolute atomic E-state index is 12.3. The highest BCUT2D eigenvalue weighted by Gasteiger charge is 2.18. The Morgan fingerprint density at radius 2 is 1.52 bits per heavy atom. The second-order valence-electron chi connectivity index (χ2n) is 6.40. The summed E-state index contributed by atoms with van der Waals surface area (Å²) >= 11 is 0. The van der Waals surface area contributed by atoms with Crippen LogP contribution in [0.4, 0.5) is 5.69 Å². The maximum Gasteiger partial charge on any atom is 0.311 e. The average Bonchev–Trinajstić information content (AvgIpc) is 2.72. The number of aromatic hydroxyl groups is 1. The van der Waals surface area contributed by atoms with Crippen LogP contribution in [0.3, 0.4) is 0 Å². The first kappa shape index (κ1) is 19.9. The Morgan fingerprint density at radius 3 is 2.17 bits per heavy atom. The van der Waals surface area contributed by atoms with E-state index < -0.39 is 18.0 Å². The second kappa shape index (κ2) is 9.41. The molecule has 0 aliphatic carbocycles. The fourth-order valence-electron chi connectivity index (χ4n) is 2.55. The van der Waals surface area contributed by atoms with Gasteiger partial charge in [0.15, 0.2) is 6.10 Å². The lowest BCUT2D eigenvalue weighted by Crippen LogP contribution is -2.30. The molecule has 6 heteroatoms. The molecule has 3 rings (SSSR count). The lowest BCUT2D eigenvalue weighted by atomic mass is 10.1. The molecule has 1 amide bonds. The van der Waals surface area contributed by atoms with Crippen LogP contribution in [-0.4, -0.2) is 23.1 Å². The van der Waals surface area contributed by atoms with E-state index in [9.17, 15) is 14.7 Å². The van der Waals surface area contributed by atoms with Gasteiger partial charge in [-0.25, -0.2) is 0 Å². The molecule has 29 heavy (non-hydrogen) atoms. The highest BCUT2D eigenvalue weighted by atomic mass is 16.5. The van der Waals surface area contributed by atoms with Crippen molar-refractivity contribution in [3.05, 3.63) is 84.4 Å². The number of para-hydroxylation sites is 1. The van der Waals surface area contributed by atoms with Crippen molar-refractivity contribution in [2.45, 2.75) is 19.4 Å². The summed E-state index contributed by atoms with van der Waals surface area (Å²) in [6, 6.07) is 22.5. The molecule has 0 bridgehead atoms. The van der Waals surface area contributed by atoms with E-state index in [1.807, 2.05) is 30.3 Å². The van der Waals surface area contributed by atoms with Crippen LogP contribution in [0.5, 0.6) is 17.2 Å². The largest absolute Gasteiger partial charge is 0.508 e. The van der Waals surface area contributed by atoms with Crippen LogP contribution < -0.4 is 10.1 Å². The average molecular weight is 391 g/mol. The van der Waals surface area contributed by atoms with Gasteiger partial charge in [0.1, 0.15) is 17.2 Å². The fourth-order valence-corrected chi connectivity index (χ4v) is 2.55. The molecule has 0 radical (unpaired) electrons. The number of esters is 1. The number of carbonyl (C=O) groups is 2. The molecular formula is C23H21NO5. The third-order valence-corrected chi connectivity index (χ3v) is 4.06. The van der Waals surface area contributed by atoms with Crippen LogP contribution in [-0.2, 0) is 20.7 Å². The number of hydrogen-bond acceptors (Lipinski definition) is 5. The zero-order valence-electron chi connectivity index (χ0n) is 15.9. The Balaban J connectivity index is 1.49. The van der Waals surface area contributed by atoms with Crippen molar-refractivity contribution >= 4 is 17.6 Å². The zero-order valence-corrected chi connectivity index (χ0v) is 15.9. The molecule has 0 aliphatic rings. The Hall–Kier alpha value is -3.80. The van der Waals surface area contributed by atoms with E-state index in [-0.39, 0.29) is 12.2 Å². The van der Waals surface area contributed by atoms with Gasteiger partial charge in [0.25, 0.3) is 5.91 Å². The molecular weight excluding hydrogens is 370 g/mol. The molecule has 1 atom stereocenters.